The van der Waals surface area contributed by atoms with Crippen molar-refractivity contribution >= 4 is 24.8 Å². The minimum absolute atomic E-state index is 0. The average Bonchev–Trinajstić information content (AvgIpc) is 3.28. The van der Waals surface area contributed by atoms with Crippen molar-refractivity contribution in [2.75, 3.05) is 39.3 Å². The van der Waals surface area contributed by atoms with Gasteiger partial charge in [-0.15, -0.1) is 24.8 Å². The van der Waals surface area contributed by atoms with Gasteiger partial charge in [0.15, 0.2) is 5.76 Å². The van der Waals surface area contributed by atoms with Crippen LogP contribution in [-0.2, 0) is 6.54 Å². The van der Waals surface area contributed by atoms with Gasteiger partial charge >= 0.3 is 0 Å². The van der Waals surface area contributed by atoms with Crippen LogP contribution in [-0.4, -0.2) is 60.1 Å². The van der Waals surface area contributed by atoms with Gasteiger partial charge in [-0.25, -0.2) is 4.98 Å². The second-order valence-electron chi connectivity index (χ2n) is 6.44. The summed E-state index contributed by atoms with van der Waals surface area (Å²) in [6.45, 7) is 7.63. The van der Waals surface area contributed by atoms with Crippen molar-refractivity contribution in [3.8, 4) is 11.3 Å². The molecule has 1 N–H and O–H groups in total. The number of piperazine rings is 1. The molecule has 1 atom stereocenters. The molecule has 1 aromatic carbocycles. The van der Waals surface area contributed by atoms with Crippen LogP contribution in [0.25, 0.3) is 11.3 Å². The quantitative estimate of drug-likeness (QED) is 0.877. The van der Waals surface area contributed by atoms with Crippen LogP contribution < -0.4 is 5.32 Å². The molecule has 0 radical (unpaired) electrons. The van der Waals surface area contributed by atoms with Gasteiger partial charge in [-0.2, -0.15) is 0 Å². The van der Waals surface area contributed by atoms with Crippen molar-refractivity contribution in [1.29, 1.82) is 0 Å². The highest BCUT2D eigenvalue weighted by Gasteiger charge is 2.26. The Labute approximate surface area is 161 Å². The molecule has 0 aliphatic carbocycles. The van der Waals surface area contributed by atoms with Gasteiger partial charge in [0.05, 0.1) is 12.7 Å². The van der Waals surface area contributed by atoms with E-state index in [0.29, 0.717) is 0 Å². The molecular weight excluding hydrogens is 359 g/mol. The fourth-order valence-electron chi connectivity index (χ4n) is 3.55. The molecule has 0 bridgehead atoms. The molecule has 1 unspecified atom stereocenters. The molecule has 7 heteroatoms. The van der Waals surface area contributed by atoms with Crippen LogP contribution in [0, 0.1) is 0 Å². The Morgan fingerprint density at radius 3 is 2.52 bits per heavy atom. The summed E-state index contributed by atoms with van der Waals surface area (Å²) in [7, 11) is 0. The summed E-state index contributed by atoms with van der Waals surface area (Å²) < 4.78 is 5.92. The Kier molecular flexibility index (Phi) is 7.72. The van der Waals surface area contributed by atoms with Gasteiger partial charge < -0.3 is 9.73 Å². The lowest BCUT2D eigenvalue weighted by atomic mass is 10.2. The van der Waals surface area contributed by atoms with Crippen LogP contribution in [0.4, 0.5) is 0 Å². The van der Waals surface area contributed by atoms with E-state index in [4.69, 9.17) is 4.42 Å². The summed E-state index contributed by atoms with van der Waals surface area (Å²) in [4.78, 5) is 9.52. The first kappa shape index (κ1) is 20.2. The Hall–Kier alpha value is -1.11. The van der Waals surface area contributed by atoms with Gasteiger partial charge in [0.2, 0.25) is 5.89 Å². The zero-order valence-electron chi connectivity index (χ0n) is 14.3. The normalized spacial score (nSPS) is 21.5. The second-order valence-corrected chi connectivity index (χ2v) is 6.44. The van der Waals surface area contributed by atoms with Crippen LogP contribution in [0.3, 0.4) is 0 Å². The molecule has 2 aromatic rings. The lowest BCUT2D eigenvalue weighted by molar-refractivity contribution is 0.0926. The fraction of sp³-hybridized carbons (Fsp3) is 0.500. The molecule has 3 heterocycles. The summed E-state index contributed by atoms with van der Waals surface area (Å²) in [5.41, 5.74) is 1.09. The van der Waals surface area contributed by atoms with E-state index in [1.807, 2.05) is 24.4 Å². The van der Waals surface area contributed by atoms with E-state index in [0.717, 1.165) is 62.5 Å². The van der Waals surface area contributed by atoms with Crippen LogP contribution >= 0.6 is 24.8 Å². The van der Waals surface area contributed by atoms with E-state index < -0.39 is 0 Å². The first-order valence-corrected chi connectivity index (χ1v) is 8.56. The molecule has 0 spiro atoms. The fourth-order valence-corrected chi connectivity index (χ4v) is 3.55. The minimum Gasteiger partial charge on any atom is -0.439 e. The summed E-state index contributed by atoms with van der Waals surface area (Å²) in [5.74, 6) is 1.68. The molecule has 2 fully saturated rings. The van der Waals surface area contributed by atoms with E-state index in [1.165, 1.54) is 13.0 Å². The van der Waals surface area contributed by atoms with Gasteiger partial charge in [0, 0.05) is 44.3 Å². The molecule has 4 rings (SSSR count). The van der Waals surface area contributed by atoms with Crippen LogP contribution in [0.15, 0.2) is 40.9 Å². The molecule has 1 aromatic heterocycles. The maximum Gasteiger partial charge on any atom is 0.209 e. The average molecular weight is 385 g/mol. The van der Waals surface area contributed by atoms with Crippen molar-refractivity contribution < 1.29 is 4.42 Å². The summed E-state index contributed by atoms with van der Waals surface area (Å²) in [5, 5.41) is 3.46. The highest BCUT2D eigenvalue weighted by molar-refractivity contribution is 5.85. The number of oxazole rings is 1. The molecule has 2 aliphatic rings. The summed E-state index contributed by atoms with van der Waals surface area (Å²) in [6, 6.07) is 10.9. The van der Waals surface area contributed by atoms with E-state index in [1.54, 1.807) is 0 Å². The zero-order valence-corrected chi connectivity index (χ0v) is 15.9. The lowest BCUT2D eigenvalue weighted by Crippen LogP contribution is -2.50. The number of benzene rings is 1. The van der Waals surface area contributed by atoms with Gasteiger partial charge in [-0.3, -0.25) is 9.80 Å². The van der Waals surface area contributed by atoms with Gasteiger partial charge in [0.25, 0.3) is 0 Å². The molecule has 0 amide bonds. The van der Waals surface area contributed by atoms with E-state index >= 15 is 0 Å². The third-order valence-electron chi connectivity index (χ3n) is 4.93. The Morgan fingerprint density at radius 1 is 1.08 bits per heavy atom. The number of rotatable bonds is 4. The number of nitrogens with one attached hydrogen (secondary N) is 1. The maximum atomic E-state index is 5.92. The molecule has 0 saturated carbocycles. The van der Waals surface area contributed by atoms with Gasteiger partial charge in [0.1, 0.15) is 0 Å². The Bertz CT molecular complexity index is 623. The van der Waals surface area contributed by atoms with Crippen LogP contribution in [0.2, 0.25) is 0 Å². The topological polar surface area (TPSA) is 44.5 Å². The predicted molar refractivity (Wildman–Crippen MR) is 105 cm³/mol. The van der Waals surface area contributed by atoms with Crippen molar-refractivity contribution in [2.24, 2.45) is 0 Å². The predicted octanol–water partition coefficient (Wildman–Crippen LogP) is 2.66. The molecule has 25 heavy (non-hydrogen) atoms. The third-order valence-corrected chi connectivity index (χ3v) is 4.93. The summed E-state index contributed by atoms with van der Waals surface area (Å²) in [6.07, 6.45) is 3.13. The van der Waals surface area contributed by atoms with Crippen molar-refractivity contribution in [3.63, 3.8) is 0 Å². The smallest absolute Gasteiger partial charge is 0.209 e. The number of aromatic nitrogens is 1. The molecule has 5 nitrogen and oxygen atoms in total. The zero-order chi connectivity index (χ0) is 15.5. The lowest BCUT2D eigenvalue weighted by Gasteiger charge is -2.37. The molecular formula is C18H26Cl2N4O. The number of hydrogen-bond donors (Lipinski definition) is 1. The number of hydrogen-bond acceptors (Lipinski definition) is 5. The number of halogens is 2. The van der Waals surface area contributed by atoms with Gasteiger partial charge in [-0.05, 0) is 13.0 Å². The first-order valence-electron chi connectivity index (χ1n) is 8.56. The van der Waals surface area contributed by atoms with E-state index in [2.05, 4.69) is 32.2 Å². The summed E-state index contributed by atoms with van der Waals surface area (Å²) >= 11 is 0. The maximum absolute atomic E-state index is 5.92. The molecule has 2 aliphatic heterocycles. The third kappa shape index (κ3) is 4.96. The van der Waals surface area contributed by atoms with E-state index in [9.17, 15) is 0 Å². The Balaban J connectivity index is 0.00000113. The SMILES string of the molecule is Cl.Cl.c1ccc(-c2cnc(CN3CCN(C4CCNC4)CC3)o2)cc1. The van der Waals surface area contributed by atoms with Crippen LogP contribution in [0.1, 0.15) is 12.3 Å². The standard InChI is InChI=1S/C18H24N4O.2ClH/c1-2-4-15(5-3-1)17-13-20-18(23-17)14-21-8-10-22(11-9-21)16-6-7-19-12-16;;/h1-5,13,16,19H,6-12,14H2;2*1H. The highest BCUT2D eigenvalue weighted by atomic mass is 35.5. The first-order chi connectivity index (χ1) is 11.4. The number of nitrogens with zero attached hydrogens (tertiary/aromatic N) is 3. The minimum atomic E-state index is 0. The van der Waals surface area contributed by atoms with Crippen LogP contribution in [0.5, 0.6) is 0 Å². The van der Waals surface area contributed by atoms with Crippen molar-refractivity contribution in [3.05, 3.63) is 42.4 Å². The molecule has 2 saturated heterocycles. The van der Waals surface area contributed by atoms with E-state index in [-0.39, 0.29) is 24.8 Å². The largest absolute Gasteiger partial charge is 0.439 e. The second kappa shape index (κ2) is 9.55. The van der Waals surface area contributed by atoms with Crippen molar-refractivity contribution in [2.45, 2.75) is 19.0 Å². The Morgan fingerprint density at radius 2 is 1.84 bits per heavy atom. The monoisotopic (exact) mass is 384 g/mol. The highest BCUT2D eigenvalue weighted by Crippen LogP contribution is 2.21. The van der Waals surface area contributed by atoms with Crippen molar-refractivity contribution in [1.82, 2.24) is 20.1 Å². The van der Waals surface area contributed by atoms with Gasteiger partial charge in [-0.1, -0.05) is 30.3 Å². The molecule has 138 valence electrons.